The van der Waals surface area contributed by atoms with E-state index < -0.39 is 0 Å². The van der Waals surface area contributed by atoms with Crippen LogP contribution in [0.4, 0.5) is 0 Å². The molecule has 0 aliphatic carbocycles. The molecule has 0 saturated carbocycles. The Kier molecular flexibility index (Phi) is 5.97. The lowest BCUT2D eigenvalue weighted by molar-refractivity contribution is 0.0994. The molecule has 2 heterocycles. The average Bonchev–Trinajstić information content (AvgIpc) is 3.18. The second-order valence-electron chi connectivity index (χ2n) is 6.80. The minimum Gasteiger partial charge on any atom is -0.293 e. The number of pyridine rings is 1. The summed E-state index contributed by atoms with van der Waals surface area (Å²) in [5.41, 5.74) is 3.59. The number of carbonyl (C=O) groups excluding carboxylic acids is 1. The molecule has 0 bridgehead atoms. The fourth-order valence-corrected chi connectivity index (χ4v) is 4.19. The quantitative estimate of drug-likeness (QED) is 0.289. The number of hydrogen-bond acceptors (Lipinski definition) is 5. The van der Waals surface area contributed by atoms with Crippen molar-refractivity contribution in [2.45, 2.75) is 24.3 Å². The number of halogens is 1. The predicted octanol–water partition coefficient (Wildman–Crippen LogP) is 5.65. The number of aromatic nitrogens is 4. The van der Waals surface area contributed by atoms with Gasteiger partial charge in [0.05, 0.1) is 10.9 Å². The molecule has 150 valence electrons. The van der Waals surface area contributed by atoms with Crippen molar-refractivity contribution in [3.8, 4) is 17.1 Å². The van der Waals surface area contributed by atoms with E-state index in [-0.39, 0.29) is 11.0 Å². The van der Waals surface area contributed by atoms with Crippen LogP contribution in [0.5, 0.6) is 0 Å². The number of rotatable bonds is 6. The Labute approximate surface area is 184 Å². The first-order chi connectivity index (χ1) is 14.5. The lowest BCUT2D eigenvalue weighted by atomic mass is 10.1. The van der Waals surface area contributed by atoms with Gasteiger partial charge < -0.3 is 0 Å². The Morgan fingerprint density at radius 1 is 1.00 bits per heavy atom. The van der Waals surface area contributed by atoms with Gasteiger partial charge in [0.25, 0.3) is 0 Å². The summed E-state index contributed by atoms with van der Waals surface area (Å²) in [6, 6.07) is 18.8. The summed E-state index contributed by atoms with van der Waals surface area (Å²) in [4.78, 5) is 17.0. The van der Waals surface area contributed by atoms with Gasteiger partial charge in [-0.05, 0) is 61.9 Å². The van der Waals surface area contributed by atoms with Crippen molar-refractivity contribution < 1.29 is 4.79 Å². The van der Waals surface area contributed by atoms with Gasteiger partial charge in [-0.2, -0.15) is 0 Å². The molecule has 1 unspecified atom stereocenters. The van der Waals surface area contributed by atoms with E-state index in [4.69, 9.17) is 11.6 Å². The van der Waals surface area contributed by atoms with E-state index in [1.165, 1.54) is 11.8 Å². The van der Waals surface area contributed by atoms with Crippen molar-refractivity contribution in [3.63, 3.8) is 0 Å². The fourth-order valence-electron chi connectivity index (χ4n) is 3.13. The molecule has 0 amide bonds. The van der Waals surface area contributed by atoms with Crippen molar-refractivity contribution in [2.75, 3.05) is 0 Å². The lowest BCUT2D eigenvalue weighted by Gasteiger charge is -2.15. The van der Waals surface area contributed by atoms with Crippen LogP contribution in [0.25, 0.3) is 17.1 Å². The SMILES string of the molecule is Cc1ccccc1-n1c(SC(C)C(=O)c2ccc(Cl)cc2)nnc1-c1ccncc1. The zero-order valence-corrected chi connectivity index (χ0v) is 18.1. The highest BCUT2D eigenvalue weighted by molar-refractivity contribution is 8.00. The molecule has 2 aromatic heterocycles. The summed E-state index contributed by atoms with van der Waals surface area (Å²) in [6.07, 6.45) is 3.46. The molecule has 1 atom stereocenters. The number of para-hydroxylation sites is 1. The maximum absolute atomic E-state index is 12.9. The molecule has 30 heavy (non-hydrogen) atoms. The van der Waals surface area contributed by atoms with Crippen molar-refractivity contribution in [2.24, 2.45) is 0 Å². The van der Waals surface area contributed by atoms with Gasteiger partial charge in [0.1, 0.15) is 0 Å². The fraction of sp³-hybridized carbons (Fsp3) is 0.130. The van der Waals surface area contributed by atoms with E-state index >= 15 is 0 Å². The van der Waals surface area contributed by atoms with Crippen molar-refractivity contribution in [1.29, 1.82) is 0 Å². The third-order valence-corrected chi connectivity index (χ3v) is 6.00. The summed E-state index contributed by atoms with van der Waals surface area (Å²) in [7, 11) is 0. The first kappa shape index (κ1) is 20.3. The first-order valence-corrected chi connectivity index (χ1v) is 10.7. The molecule has 0 radical (unpaired) electrons. The zero-order valence-electron chi connectivity index (χ0n) is 16.5. The van der Waals surface area contributed by atoms with Crippen LogP contribution in [0.15, 0.2) is 78.2 Å². The standard InChI is InChI=1S/C23H19ClN4OS/c1-15-5-3-4-6-20(15)28-22(18-11-13-25-14-12-18)26-27-23(28)30-16(2)21(29)17-7-9-19(24)10-8-17/h3-14,16H,1-2H3. The van der Waals surface area contributed by atoms with Gasteiger partial charge in [0.15, 0.2) is 16.8 Å². The average molecular weight is 435 g/mol. The minimum atomic E-state index is -0.344. The number of nitrogens with zero attached hydrogens (tertiary/aromatic N) is 4. The normalized spacial score (nSPS) is 12.0. The zero-order chi connectivity index (χ0) is 21.1. The van der Waals surface area contributed by atoms with Gasteiger partial charge in [0, 0.05) is 28.5 Å². The lowest BCUT2D eigenvalue weighted by Crippen LogP contribution is -2.14. The van der Waals surface area contributed by atoms with E-state index in [0.717, 1.165) is 16.8 Å². The highest BCUT2D eigenvalue weighted by Crippen LogP contribution is 2.32. The van der Waals surface area contributed by atoms with E-state index in [0.29, 0.717) is 21.6 Å². The van der Waals surface area contributed by atoms with Crippen LogP contribution in [0.3, 0.4) is 0 Å². The van der Waals surface area contributed by atoms with Gasteiger partial charge in [-0.15, -0.1) is 10.2 Å². The van der Waals surface area contributed by atoms with Crippen LogP contribution in [0, 0.1) is 6.92 Å². The third-order valence-electron chi connectivity index (χ3n) is 4.71. The van der Waals surface area contributed by atoms with Crippen LogP contribution in [-0.4, -0.2) is 30.8 Å². The van der Waals surface area contributed by atoms with Gasteiger partial charge in [-0.3, -0.25) is 14.3 Å². The van der Waals surface area contributed by atoms with Crippen LogP contribution >= 0.6 is 23.4 Å². The first-order valence-electron chi connectivity index (χ1n) is 9.43. The van der Waals surface area contributed by atoms with Crippen molar-refractivity contribution in [3.05, 3.63) is 89.2 Å². The molecule has 5 nitrogen and oxygen atoms in total. The number of thioether (sulfide) groups is 1. The number of Topliss-reactive ketones (excluding diaryl/α,β-unsaturated/α-hetero) is 1. The number of ketones is 1. The summed E-state index contributed by atoms with van der Waals surface area (Å²) < 4.78 is 2.00. The second kappa shape index (κ2) is 8.81. The van der Waals surface area contributed by atoms with Crippen molar-refractivity contribution in [1.82, 2.24) is 19.7 Å². The molecule has 0 spiro atoms. The van der Waals surface area contributed by atoms with Gasteiger partial charge >= 0.3 is 0 Å². The van der Waals surface area contributed by atoms with Crippen LogP contribution < -0.4 is 0 Å². The summed E-state index contributed by atoms with van der Waals surface area (Å²) in [6.45, 7) is 3.92. The Bertz CT molecular complexity index is 1180. The third kappa shape index (κ3) is 4.15. The minimum absolute atomic E-state index is 0.0152. The summed E-state index contributed by atoms with van der Waals surface area (Å²) >= 11 is 7.34. The molecule has 0 aliphatic rings. The Balaban J connectivity index is 1.73. The molecule has 2 aromatic carbocycles. The van der Waals surface area contributed by atoms with E-state index in [1.807, 2.05) is 54.8 Å². The van der Waals surface area contributed by atoms with Gasteiger partial charge in [-0.25, -0.2) is 0 Å². The number of benzene rings is 2. The summed E-state index contributed by atoms with van der Waals surface area (Å²) in [5, 5.41) is 9.78. The largest absolute Gasteiger partial charge is 0.293 e. The molecule has 7 heteroatoms. The second-order valence-corrected chi connectivity index (χ2v) is 8.54. The highest BCUT2D eigenvalue weighted by Gasteiger charge is 2.23. The predicted molar refractivity (Wildman–Crippen MR) is 120 cm³/mol. The number of aryl methyl sites for hydroxylation is 1. The highest BCUT2D eigenvalue weighted by atomic mass is 35.5. The smallest absolute Gasteiger partial charge is 0.196 e. The Hall–Kier alpha value is -2.96. The maximum atomic E-state index is 12.9. The molecule has 4 rings (SSSR count). The van der Waals surface area contributed by atoms with E-state index in [9.17, 15) is 4.79 Å². The molecule has 0 N–H and O–H groups in total. The number of carbonyl (C=O) groups is 1. The molecule has 0 aliphatic heterocycles. The van der Waals surface area contributed by atoms with Crippen LogP contribution in [0.2, 0.25) is 5.02 Å². The molecule has 4 aromatic rings. The Morgan fingerprint density at radius 3 is 2.40 bits per heavy atom. The van der Waals surface area contributed by atoms with Crippen LogP contribution in [-0.2, 0) is 0 Å². The van der Waals surface area contributed by atoms with Crippen LogP contribution in [0.1, 0.15) is 22.8 Å². The van der Waals surface area contributed by atoms with Gasteiger partial charge in [0.2, 0.25) is 0 Å². The molecular formula is C23H19ClN4OS. The maximum Gasteiger partial charge on any atom is 0.196 e. The van der Waals surface area contributed by atoms with E-state index in [1.54, 1.807) is 36.7 Å². The van der Waals surface area contributed by atoms with Crippen molar-refractivity contribution >= 4 is 29.1 Å². The molecule has 0 saturated heterocycles. The number of hydrogen-bond donors (Lipinski definition) is 0. The monoisotopic (exact) mass is 434 g/mol. The Morgan fingerprint density at radius 2 is 1.70 bits per heavy atom. The molecular weight excluding hydrogens is 416 g/mol. The topological polar surface area (TPSA) is 60.7 Å². The summed E-state index contributed by atoms with van der Waals surface area (Å²) in [5.74, 6) is 0.724. The van der Waals surface area contributed by atoms with Gasteiger partial charge in [-0.1, -0.05) is 41.6 Å². The van der Waals surface area contributed by atoms with E-state index in [2.05, 4.69) is 15.2 Å². The molecule has 0 fully saturated rings.